The van der Waals surface area contributed by atoms with Crippen molar-refractivity contribution in [2.24, 2.45) is 0 Å². The lowest BCUT2D eigenvalue weighted by molar-refractivity contribution is -0.111. The van der Waals surface area contributed by atoms with Gasteiger partial charge in [-0.15, -0.1) is 0 Å². The molecule has 1 aromatic heterocycles. The number of fused-ring (bicyclic) bond motifs is 1. The summed E-state index contributed by atoms with van der Waals surface area (Å²) in [6, 6.07) is 13.2. The highest BCUT2D eigenvalue weighted by Gasteiger charge is 2.05. The number of benzene rings is 2. The van der Waals surface area contributed by atoms with Crippen molar-refractivity contribution >= 4 is 38.7 Å². The van der Waals surface area contributed by atoms with Gasteiger partial charge >= 0.3 is 0 Å². The normalized spacial score (nSPS) is 10.9. The molecule has 0 unspecified atom stereocenters. The maximum Gasteiger partial charge on any atom is 0.250 e. The third-order valence-corrected chi connectivity index (χ3v) is 4.28. The first-order valence-corrected chi connectivity index (χ1v) is 8.07. The Bertz CT molecular complexity index is 847. The van der Waals surface area contributed by atoms with E-state index in [1.54, 1.807) is 26.4 Å². The molecule has 0 fully saturated rings. The van der Waals surface area contributed by atoms with Gasteiger partial charge in [0.05, 0.1) is 24.4 Å². The lowest BCUT2D eigenvalue weighted by atomic mass is 10.2. The van der Waals surface area contributed by atoms with E-state index in [0.29, 0.717) is 16.6 Å². The average Bonchev–Trinajstić information content (AvgIpc) is 3.01. The molecule has 3 aromatic rings. The van der Waals surface area contributed by atoms with Gasteiger partial charge in [0, 0.05) is 12.1 Å². The molecule has 122 valence electrons. The lowest BCUT2D eigenvalue weighted by Gasteiger charge is -2.05. The summed E-state index contributed by atoms with van der Waals surface area (Å²) in [4.78, 5) is 16.5. The van der Waals surface area contributed by atoms with E-state index in [0.717, 1.165) is 15.8 Å². The first-order chi connectivity index (χ1) is 11.7. The van der Waals surface area contributed by atoms with Crippen molar-refractivity contribution < 1.29 is 14.3 Å². The van der Waals surface area contributed by atoms with Gasteiger partial charge in [-0.1, -0.05) is 23.5 Å². The number of carbonyl (C=O) groups excluding carboxylic acids is 1. The Morgan fingerprint density at radius 1 is 1.12 bits per heavy atom. The summed E-state index contributed by atoms with van der Waals surface area (Å²) in [6.07, 6.45) is 3.16. The fourth-order valence-electron chi connectivity index (χ4n) is 2.17. The second-order valence-corrected chi connectivity index (χ2v) is 5.99. The molecular formula is C18H16N2O3S. The average molecular weight is 340 g/mol. The highest BCUT2D eigenvalue weighted by molar-refractivity contribution is 7.22. The molecular weight excluding hydrogens is 324 g/mol. The molecule has 2 aromatic carbocycles. The summed E-state index contributed by atoms with van der Waals surface area (Å²) in [6.45, 7) is 0. The molecule has 3 rings (SSSR count). The number of amides is 1. The van der Waals surface area contributed by atoms with E-state index >= 15 is 0 Å². The number of carbonyl (C=O) groups is 1. The van der Waals surface area contributed by atoms with Gasteiger partial charge in [-0.25, -0.2) is 4.98 Å². The third kappa shape index (κ3) is 3.72. The molecule has 0 radical (unpaired) electrons. The zero-order valence-corrected chi connectivity index (χ0v) is 14.1. The minimum Gasteiger partial charge on any atom is -0.497 e. The Morgan fingerprint density at radius 2 is 1.83 bits per heavy atom. The molecule has 1 amide bonds. The van der Waals surface area contributed by atoms with Crippen molar-refractivity contribution in [2.75, 3.05) is 19.5 Å². The van der Waals surface area contributed by atoms with Crippen molar-refractivity contribution in [3.8, 4) is 11.5 Å². The number of rotatable bonds is 5. The number of ether oxygens (including phenoxy) is 2. The minimum atomic E-state index is -0.240. The Labute approximate surface area is 143 Å². The van der Waals surface area contributed by atoms with Crippen LogP contribution < -0.4 is 14.8 Å². The first-order valence-electron chi connectivity index (χ1n) is 7.25. The smallest absolute Gasteiger partial charge is 0.250 e. The van der Waals surface area contributed by atoms with Crippen molar-refractivity contribution in [3.05, 3.63) is 54.1 Å². The van der Waals surface area contributed by atoms with E-state index in [2.05, 4.69) is 10.3 Å². The maximum atomic E-state index is 12.1. The monoisotopic (exact) mass is 340 g/mol. The molecule has 0 aliphatic heterocycles. The SMILES string of the molecule is COc1cc(/C=C/C(=O)Nc2nc3ccccc3s2)cc(OC)c1. The van der Waals surface area contributed by atoms with Gasteiger partial charge in [0.15, 0.2) is 5.13 Å². The van der Waals surface area contributed by atoms with Crippen LogP contribution in [0.4, 0.5) is 5.13 Å². The molecule has 0 atom stereocenters. The van der Waals surface area contributed by atoms with Crippen LogP contribution in [0, 0.1) is 0 Å². The van der Waals surface area contributed by atoms with E-state index in [1.165, 1.54) is 17.4 Å². The molecule has 1 N–H and O–H groups in total. The van der Waals surface area contributed by atoms with Gasteiger partial charge in [0.25, 0.3) is 0 Å². The molecule has 0 saturated heterocycles. The van der Waals surface area contributed by atoms with E-state index in [4.69, 9.17) is 9.47 Å². The number of aromatic nitrogens is 1. The van der Waals surface area contributed by atoms with Crippen molar-refractivity contribution in [1.82, 2.24) is 4.98 Å². The van der Waals surface area contributed by atoms with E-state index in [1.807, 2.05) is 36.4 Å². The first kappa shape index (κ1) is 16.0. The molecule has 5 nitrogen and oxygen atoms in total. The molecule has 6 heteroatoms. The van der Waals surface area contributed by atoms with Crippen LogP contribution in [0.25, 0.3) is 16.3 Å². The van der Waals surface area contributed by atoms with Gasteiger partial charge in [-0.2, -0.15) is 0 Å². The van der Waals surface area contributed by atoms with Crippen molar-refractivity contribution in [1.29, 1.82) is 0 Å². The van der Waals surface area contributed by atoms with Gasteiger partial charge in [-0.05, 0) is 35.9 Å². The molecule has 0 spiro atoms. The van der Waals surface area contributed by atoms with Crippen LogP contribution in [-0.4, -0.2) is 25.1 Å². The maximum absolute atomic E-state index is 12.1. The van der Waals surface area contributed by atoms with Crippen molar-refractivity contribution in [2.45, 2.75) is 0 Å². The Hall–Kier alpha value is -2.86. The van der Waals surface area contributed by atoms with E-state index in [-0.39, 0.29) is 5.91 Å². The zero-order valence-electron chi connectivity index (χ0n) is 13.3. The fraction of sp³-hybridized carbons (Fsp3) is 0.111. The largest absolute Gasteiger partial charge is 0.497 e. The lowest BCUT2D eigenvalue weighted by Crippen LogP contribution is -2.07. The number of hydrogen-bond acceptors (Lipinski definition) is 5. The summed E-state index contributed by atoms with van der Waals surface area (Å²) in [5.41, 5.74) is 1.69. The highest BCUT2D eigenvalue weighted by atomic mass is 32.1. The number of thiazole rings is 1. The number of methoxy groups -OCH3 is 2. The van der Waals surface area contributed by atoms with E-state index < -0.39 is 0 Å². The van der Waals surface area contributed by atoms with Crippen LogP contribution in [0.2, 0.25) is 0 Å². The van der Waals surface area contributed by atoms with Crippen LogP contribution in [0.3, 0.4) is 0 Å². The van der Waals surface area contributed by atoms with Gasteiger partial charge in [0.2, 0.25) is 5.91 Å². The summed E-state index contributed by atoms with van der Waals surface area (Å²) in [5.74, 6) is 1.09. The number of anilines is 1. The van der Waals surface area contributed by atoms with Crippen molar-refractivity contribution in [3.63, 3.8) is 0 Å². The summed E-state index contributed by atoms with van der Waals surface area (Å²) in [7, 11) is 3.17. The standard InChI is InChI=1S/C18H16N2O3S/c1-22-13-9-12(10-14(11-13)23-2)7-8-17(21)20-18-19-15-5-3-4-6-16(15)24-18/h3-11H,1-2H3,(H,19,20,21)/b8-7+. The summed E-state index contributed by atoms with van der Waals surface area (Å²) in [5, 5.41) is 3.36. The van der Waals surface area contributed by atoms with Crippen LogP contribution in [0.5, 0.6) is 11.5 Å². The summed E-state index contributed by atoms with van der Waals surface area (Å²) < 4.78 is 11.5. The molecule has 0 aliphatic carbocycles. The van der Waals surface area contributed by atoms with Crippen LogP contribution >= 0.6 is 11.3 Å². The molecule has 24 heavy (non-hydrogen) atoms. The predicted molar refractivity (Wildman–Crippen MR) is 96.8 cm³/mol. The topological polar surface area (TPSA) is 60.5 Å². The number of para-hydroxylation sites is 1. The quantitative estimate of drug-likeness (QED) is 0.714. The summed E-state index contributed by atoms with van der Waals surface area (Å²) >= 11 is 1.44. The number of hydrogen-bond donors (Lipinski definition) is 1. The van der Waals surface area contributed by atoms with Crippen LogP contribution in [-0.2, 0) is 4.79 Å². The third-order valence-electron chi connectivity index (χ3n) is 3.32. The second kappa shape index (κ2) is 7.14. The zero-order chi connectivity index (χ0) is 16.9. The molecule has 0 bridgehead atoms. The fourth-order valence-corrected chi connectivity index (χ4v) is 3.04. The van der Waals surface area contributed by atoms with Gasteiger partial charge < -0.3 is 9.47 Å². The second-order valence-electron chi connectivity index (χ2n) is 4.96. The number of nitrogens with one attached hydrogen (secondary N) is 1. The Kier molecular flexibility index (Phi) is 4.77. The van der Waals surface area contributed by atoms with Crippen LogP contribution in [0.15, 0.2) is 48.5 Å². The predicted octanol–water partition coefficient (Wildman–Crippen LogP) is 3.97. The molecule has 0 aliphatic rings. The Balaban J connectivity index is 1.73. The van der Waals surface area contributed by atoms with Gasteiger partial charge in [0.1, 0.15) is 11.5 Å². The molecule has 0 saturated carbocycles. The Morgan fingerprint density at radius 3 is 2.50 bits per heavy atom. The highest BCUT2D eigenvalue weighted by Crippen LogP contribution is 2.26. The van der Waals surface area contributed by atoms with Gasteiger partial charge in [-0.3, -0.25) is 10.1 Å². The van der Waals surface area contributed by atoms with E-state index in [9.17, 15) is 4.79 Å². The molecule has 1 heterocycles. The van der Waals surface area contributed by atoms with Crippen LogP contribution in [0.1, 0.15) is 5.56 Å². The number of nitrogens with zero attached hydrogens (tertiary/aromatic N) is 1. The minimum absolute atomic E-state index is 0.240.